The van der Waals surface area contributed by atoms with Crippen LogP contribution in [0.4, 0.5) is 0 Å². The second-order valence-corrected chi connectivity index (χ2v) is 6.29. The van der Waals surface area contributed by atoms with E-state index in [1.807, 2.05) is 20.8 Å². The average Bonchev–Trinajstić information content (AvgIpc) is 2.28. The van der Waals surface area contributed by atoms with E-state index < -0.39 is 19.2 Å². The topological polar surface area (TPSA) is 61.8 Å². The maximum Gasteiger partial charge on any atom is 0.341 e. The molecule has 0 aromatic heterocycles. The summed E-state index contributed by atoms with van der Waals surface area (Å²) in [6.45, 7) is 9.64. The highest BCUT2D eigenvalue weighted by molar-refractivity contribution is 7.54. The van der Waals surface area contributed by atoms with E-state index >= 15 is 0 Å². The van der Waals surface area contributed by atoms with Gasteiger partial charge in [-0.05, 0) is 33.6 Å². The Hall–Kier alpha value is -0.380. The third-order valence-electron chi connectivity index (χ3n) is 2.83. The summed E-state index contributed by atoms with van der Waals surface area (Å²) >= 11 is 0. The molecule has 0 aliphatic carbocycles. The van der Waals surface area contributed by atoms with Crippen LogP contribution in [0.2, 0.25) is 0 Å². The molecule has 0 spiro atoms. The van der Waals surface area contributed by atoms with Crippen molar-refractivity contribution < 1.29 is 23.1 Å². The van der Waals surface area contributed by atoms with Gasteiger partial charge in [-0.3, -0.25) is 9.36 Å². The van der Waals surface area contributed by atoms with Crippen LogP contribution < -0.4 is 0 Å². The highest BCUT2D eigenvalue weighted by atomic mass is 31.2. The SMILES string of the molecule is CCOP(=O)(CC(=O)OC(C)(CC)CC)OCC. The average molecular weight is 280 g/mol. The number of esters is 1. The van der Waals surface area contributed by atoms with E-state index in [1.165, 1.54) is 0 Å². The minimum absolute atomic E-state index is 0.239. The van der Waals surface area contributed by atoms with Gasteiger partial charge in [0.1, 0.15) is 11.8 Å². The van der Waals surface area contributed by atoms with Crippen molar-refractivity contribution in [2.45, 2.75) is 53.1 Å². The molecule has 0 radical (unpaired) electrons. The van der Waals surface area contributed by atoms with E-state index in [-0.39, 0.29) is 19.4 Å². The highest BCUT2D eigenvalue weighted by Gasteiger charge is 2.32. The van der Waals surface area contributed by atoms with Crippen LogP contribution in [0.15, 0.2) is 0 Å². The van der Waals surface area contributed by atoms with Crippen LogP contribution in [0.5, 0.6) is 0 Å². The van der Waals surface area contributed by atoms with E-state index in [0.717, 1.165) is 0 Å². The third kappa shape index (κ3) is 5.98. The van der Waals surface area contributed by atoms with Gasteiger partial charge in [0.05, 0.1) is 13.2 Å². The van der Waals surface area contributed by atoms with Gasteiger partial charge >= 0.3 is 13.6 Å². The highest BCUT2D eigenvalue weighted by Crippen LogP contribution is 2.48. The van der Waals surface area contributed by atoms with Crippen molar-refractivity contribution in [2.24, 2.45) is 0 Å². The Bertz CT molecular complexity index is 289. The van der Waals surface area contributed by atoms with Crippen LogP contribution in [0.1, 0.15) is 47.5 Å². The van der Waals surface area contributed by atoms with E-state index in [0.29, 0.717) is 12.8 Å². The molecule has 0 saturated heterocycles. The number of hydrogen-bond donors (Lipinski definition) is 0. The number of ether oxygens (including phenoxy) is 1. The van der Waals surface area contributed by atoms with Crippen molar-refractivity contribution in [1.29, 1.82) is 0 Å². The third-order valence-corrected chi connectivity index (χ3v) is 4.78. The first-order valence-electron chi connectivity index (χ1n) is 6.44. The molecule has 0 N–H and O–H groups in total. The van der Waals surface area contributed by atoms with Crippen LogP contribution in [0.3, 0.4) is 0 Å². The lowest BCUT2D eigenvalue weighted by molar-refractivity contribution is -0.155. The van der Waals surface area contributed by atoms with Gasteiger partial charge < -0.3 is 13.8 Å². The maximum absolute atomic E-state index is 12.1. The number of hydrogen-bond acceptors (Lipinski definition) is 5. The Morgan fingerprint density at radius 2 is 1.50 bits per heavy atom. The molecule has 0 aliphatic rings. The van der Waals surface area contributed by atoms with E-state index in [4.69, 9.17) is 13.8 Å². The van der Waals surface area contributed by atoms with Crippen LogP contribution in [0.25, 0.3) is 0 Å². The van der Waals surface area contributed by atoms with E-state index in [1.54, 1.807) is 13.8 Å². The standard InChI is InChI=1S/C12H25O5P/c1-6-12(5,7-2)17-11(13)10-18(14,15-8-3)16-9-4/h6-10H2,1-5H3. The van der Waals surface area contributed by atoms with Gasteiger partial charge in [-0.1, -0.05) is 13.8 Å². The minimum atomic E-state index is -3.36. The molecule has 0 heterocycles. The predicted octanol–water partition coefficient (Wildman–Crippen LogP) is 3.37. The van der Waals surface area contributed by atoms with Crippen molar-refractivity contribution in [3.8, 4) is 0 Å². The number of rotatable bonds is 9. The Morgan fingerprint density at radius 1 is 1.06 bits per heavy atom. The van der Waals surface area contributed by atoms with Crippen LogP contribution in [0, 0.1) is 0 Å². The van der Waals surface area contributed by atoms with Gasteiger partial charge in [0.15, 0.2) is 0 Å². The lowest BCUT2D eigenvalue weighted by atomic mass is 10.0. The number of carbonyl (C=O) groups excluding carboxylic acids is 1. The normalized spacial score (nSPS) is 12.5. The van der Waals surface area contributed by atoms with Gasteiger partial charge in [0, 0.05) is 0 Å². The molecule has 0 amide bonds. The summed E-state index contributed by atoms with van der Waals surface area (Å²) in [6, 6.07) is 0. The Morgan fingerprint density at radius 3 is 1.83 bits per heavy atom. The summed E-state index contributed by atoms with van der Waals surface area (Å²) < 4.78 is 27.6. The first-order chi connectivity index (χ1) is 8.34. The molecule has 0 unspecified atom stereocenters. The molecule has 0 bridgehead atoms. The van der Waals surface area contributed by atoms with Gasteiger partial charge in [0.25, 0.3) is 0 Å². The van der Waals surface area contributed by atoms with Gasteiger partial charge in [-0.2, -0.15) is 0 Å². The van der Waals surface area contributed by atoms with Crippen molar-refractivity contribution in [3.05, 3.63) is 0 Å². The lowest BCUT2D eigenvalue weighted by Crippen LogP contribution is -2.31. The fraction of sp³-hybridized carbons (Fsp3) is 0.917. The van der Waals surface area contributed by atoms with Crippen molar-refractivity contribution >= 4 is 13.6 Å². The fourth-order valence-corrected chi connectivity index (χ4v) is 2.81. The molecule has 0 aromatic rings. The summed E-state index contributed by atoms with van der Waals surface area (Å²) in [5, 5.41) is 0. The first kappa shape index (κ1) is 17.6. The van der Waals surface area contributed by atoms with Crippen molar-refractivity contribution in [1.82, 2.24) is 0 Å². The predicted molar refractivity (Wildman–Crippen MR) is 70.8 cm³/mol. The summed E-state index contributed by atoms with van der Waals surface area (Å²) in [7, 11) is -3.36. The van der Waals surface area contributed by atoms with Crippen LogP contribution in [-0.4, -0.2) is 30.9 Å². The first-order valence-corrected chi connectivity index (χ1v) is 8.17. The summed E-state index contributed by atoms with van der Waals surface area (Å²) in [5.41, 5.74) is -0.514. The molecular weight excluding hydrogens is 255 g/mol. The van der Waals surface area contributed by atoms with Crippen LogP contribution in [-0.2, 0) is 23.1 Å². The summed E-state index contributed by atoms with van der Waals surface area (Å²) in [5.74, 6) is -0.536. The molecule has 18 heavy (non-hydrogen) atoms. The Balaban J connectivity index is 4.57. The molecule has 0 aliphatic heterocycles. The molecule has 0 atom stereocenters. The van der Waals surface area contributed by atoms with E-state index in [9.17, 15) is 9.36 Å². The largest absolute Gasteiger partial charge is 0.459 e. The maximum atomic E-state index is 12.1. The van der Waals surface area contributed by atoms with Gasteiger partial charge in [-0.15, -0.1) is 0 Å². The summed E-state index contributed by atoms with van der Waals surface area (Å²) in [6.07, 6.45) is 1.09. The van der Waals surface area contributed by atoms with E-state index in [2.05, 4.69) is 0 Å². The molecule has 5 nitrogen and oxygen atoms in total. The smallest absolute Gasteiger partial charge is 0.341 e. The lowest BCUT2D eigenvalue weighted by Gasteiger charge is -2.27. The Kier molecular flexibility index (Phi) is 7.76. The van der Waals surface area contributed by atoms with Crippen LogP contribution >= 0.6 is 7.60 Å². The number of carbonyl (C=O) groups is 1. The summed E-state index contributed by atoms with van der Waals surface area (Å²) in [4.78, 5) is 11.8. The van der Waals surface area contributed by atoms with Gasteiger partial charge in [-0.25, -0.2) is 0 Å². The fourth-order valence-electron chi connectivity index (χ4n) is 1.38. The second-order valence-electron chi connectivity index (χ2n) is 4.24. The molecule has 0 saturated carbocycles. The quantitative estimate of drug-likeness (QED) is 0.478. The molecule has 108 valence electrons. The van der Waals surface area contributed by atoms with Gasteiger partial charge in [0.2, 0.25) is 0 Å². The molecule has 0 aromatic carbocycles. The zero-order valence-corrected chi connectivity index (χ0v) is 12.9. The molecular formula is C12H25O5P. The second kappa shape index (κ2) is 7.93. The molecule has 0 rings (SSSR count). The zero-order chi connectivity index (χ0) is 14.2. The Labute approximate surface area is 110 Å². The molecule has 6 heteroatoms. The van der Waals surface area contributed by atoms with Crippen molar-refractivity contribution in [3.63, 3.8) is 0 Å². The zero-order valence-electron chi connectivity index (χ0n) is 12.0. The monoisotopic (exact) mass is 280 g/mol. The molecule has 0 fully saturated rings. The minimum Gasteiger partial charge on any atom is -0.459 e. The van der Waals surface area contributed by atoms with Crippen molar-refractivity contribution in [2.75, 3.05) is 19.4 Å².